The van der Waals surface area contributed by atoms with Gasteiger partial charge in [0.1, 0.15) is 19.4 Å². The first-order chi connectivity index (χ1) is 15.1. The molecule has 1 atom stereocenters. The molecule has 0 spiro atoms. The number of carbonyl (C=O) groups is 1. The number of ether oxygens (including phenoxy) is 3. The van der Waals surface area contributed by atoms with Crippen LogP contribution in [0.5, 0.6) is 17.2 Å². The Morgan fingerprint density at radius 2 is 1.84 bits per heavy atom. The molecule has 0 fully saturated rings. The molecule has 0 aromatic heterocycles. The Bertz CT molecular complexity index is 1110. The number of anilines is 1. The first kappa shape index (κ1) is 19.3. The Morgan fingerprint density at radius 1 is 1.06 bits per heavy atom. The van der Waals surface area contributed by atoms with Crippen molar-refractivity contribution in [2.75, 3.05) is 25.6 Å². The minimum Gasteiger partial charge on any atom is -0.493 e. The highest BCUT2D eigenvalue weighted by atomic mass is 16.6. The molecule has 3 aromatic carbocycles. The summed E-state index contributed by atoms with van der Waals surface area (Å²) < 4.78 is 17.1. The van der Waals surface area contributed by atoms with Crippen molar-refractivity contribution in [3.8, 4) is 17.2 Å². The van der Waals surface area contributed by atoms with Crippen LogP contribution in [-0.2, 0) is 6.54 Å². The standard InChI is InChI=1S/C25H24N2O4/c1-16-7-9-17(10-8-16)15-27-24(26-20-6-4-3-5-19(20)25(27)28)18-13-21(29-2)23-22(14-18)30-11-12-31-23/h3-10,13-14,24,26H,11-12,15H2,1-2H3/t24-/m1/s1. The Balaban J connectivity index is 1.59. The second kappa shape index (κ2) is 7.87. The second-order valence-electron chi connectivity index (χ2n) is 7.76. The smallest absolute Gasteiger partial charge is 0.258 e. The quantitative estimate of drug-likeness (QED) is 0.677. The van der Waals surface area contributed by atoms with Crippen LogP contribution in [0, 0.1) is 6.92 Å². The van der Waals surface area contributed by atoms with E-state index in [1.807, 2.05) is 41.3 Å². The van der Waals surface area contributed by atoms with E-state index in [1.165, 1.54) is 5.56 Å². The molecule has 1 amide bonds. The number of para-hydroxylation sites is 1. The lowest BCUT2D eigenvalue weighted by atomic mass is 10.0. The van der Waals surface area contributed by atoms with Gasteiger partial charge < -0.3 is 24.4 Å². The highest BCUT2D eigenvalue weighted by molar-refractivity contribution is 6.01. The van der Waals surface area contributed by atoms with E-state index in [4.69, 9.17) is 14.2 Å². The third kappa shape index (κ3) is 3.54. The molecule has 0 unspecified atom stereocenters. The fraction of sp³-hybridized carbons (Fsp3) is 0.240. The minimum absolute atomic E-state index is 0.0196. The molecule has 3 aromatic rings. The van der Waals surface area contributed by atoms with Crippen molar-refractivity contribution in [2.45, 2.75) is 19.6 Å². The predicted octanol–water partition coefficient (Wildman–Crippen LogP) is 4.54. The Kier molecular flexibility index (Phi) is 4.90. The van der Waals surface area contributed by atoms with Crippen LogP contribution in [0.15, 0.2) is 60.7 Å². The van der Waals surface area contributed by atoms with Crippen LogP contribution < -0.4 is 19.5 Å². The zero-order valence-electron chi connectivity index (χ0n) is 17.6. The van der Waals surface area contributed by atoms with Gasteiger partial charge in [-0.2, -0.15) is 0 Å². The lowest BCUT2D eigenvalue weighted by molar-refractivity contribution is 0.0665. The van der Waals surface area contributed by atoms with Gasteiger partial charge >= 0.3 is 0 Å². The van der Waals surface area contributed by atoms with Crippen LogP contribution in [0.2, 0.25) is 0 Å². The predicted molar refractivity (Wildman–Crippen MR) is 118 cm³/mol. The van der Waals surface area contributed by atoms with E-state index in [0.29, 0.717) is 42.6 Å². The molecular formula is C25H24N2O4. The molecule has 0 saturated carbocycles. The highest BCUT2D eigenvalue weighted by Gasteiger charge is 2.34. The third-order valence-electron chi connectivity index (χ3n) is 5.66. The molecule has 0 aliphatic carbocycles. The molecule has 158 valence electrons. The molecule has 0 bridgehead atoms. The van der Waals surface area contributed by atoms with Gasteiger partial charge in [0, 0.05) is 17.8 Å². The number of methoxy groups -OCH3 is 1. The number of fused-ring (bicyclic) bond motifs is 2. The van der Waals surface area contributed by atoms with Crippen LogP contribution in [0.25, 0.3) is 0 Å². The first-order valence-electron chi connectivity index (χ1n) is 10.3. The molecule has 2 aliphatic rings. The first-order valence-corrected chi connectivity index (χ1v) is 10.3. The third-order valence-corrected chi connectivity index (χ3v) is 5.66. The van der Waals surface area contributed by atoms with Gasteiger partial charge in [0.25, 0.3) is 5.91 Å². The van der Waals surface area contributed by atoms with E-state index in [-0.39, 0.29) is 12.1 Å². The Morgan fingerprint density at radius 3 is 2.65 bits per heavy atom. The summed E-state index contributed by atoms with van der Waals surface area (Å²) in [6.07, 6.45) is -0.381. The van der Waals surface area contributed by atoms with Crippen molar-refractivity contribution in [1.82, 2.24) is 4.90 Å². The zero-order chi connectivity index (χ0) is 21.4. The molecule has 0 saturated heterocycles. The summed E-state index contributed by atoms with van der Waals surface area (Å²) in [5, 5.41) is 3.54. The maximum atomic E-state index is 13.5. The SMILES string of the molecule is COc1cc([C@@H]2Nc3ccccc3C(=O)N2Cc2ccc(C)cc2)cc2c1OCCO2. The molecular weight excluding hydrogens is 392 g/mol. The van der Waals surface area contributed by atoms with Crippen molar-refractivity contribution in [3.63, 3.8) is 0 Å². The van der Waals surface area contributed by atoms with Crippen molar-refractivity contribution < 1.29 is 19.0 Å². The lowest BCUT2D eigenvalue weighted by Crippen LogP contribution is -2.42. The number of aryl methyl sites for hydroxylation is 1. The van der Waals surface area contributed by atoms with Crippen LogP contribution in [0.4, 0.5) is 5.69 Å². The minimum atomic E-state index is -0.381. The number of hydrogen-bond donors (Lipinski definition) is 1. The van der Waals surface area contributed by atoms with Crippen LogP contribution in [0.3, 0.4) is 0 Å². The number of rotatable bonds is 4. The lowest BCUT2D eigenvalue weighted by Gasteiger charge is -2.38. The van der Waals surface area contributed by atoms with E-state index in [1.54, 1.807) is 7.11 Å². The van der Waals surface area contributed by atoms with E-state index < -0.39 is 0 Å². The number of benzene rings is 3. The van der Waals surface area contributed by atoms with Crippen LogP contribution in [-0.4, -0.2) is 31.1 Å². The maximum Gasteiger partial charge on any atom is 0.258 e. The van der Waals surface area contributed by atoms with E-state index in [9.17, 15) is 4.79 Å². The molecule has 0 radical (unpaired) electrons. The van der Waals surface area contributed by atoms with E-state index in [2.05, 4.69) is 36.5 Å². The molecule has 6 nitrogen and oxygen atoms in total. The van der Waals surface area contributed by atoms with Crippen molar-refractivity contribution in [2.24, 2.45) is 0 Å². The van der Waals surface area contributed by atoms with Crippen molar-refractivity contribution >= 4 is 11.6 Å². The summed E-state index contributed by atoms with van der Waals surface area (Å²) in [6.45, 7) is 3.49. The van der Waals surface area contributed by atoms with E-state index in [0.717, 1.165) is 16.8 Å². The molecule has 6 heteroatoms. The van der Waals surface area contributed by atoms with Gasteiger partial charge in [-0.15, -0.1) is 0 Å². The van der Waals surface area contributed by atoms with Crippen molar-refractivity contribution in [3.05, 3.63) is 82.9 Å². The number of carbonyl (C=O) groups excluding carboxylic acids is 1. The average Bonchev–Trinajstić information content (AvgIpc) is 2.81. The molecule has 1 N–H and O–H groups in total. The maximum absolute atomic E-state index is 13.5. The molecule has 2 heterocycles. The van der Waals surface area contributed by atoms with Gasteiger partial charge in [0.15, 0.2) is 11.5 Å². The zero-order valence-corrected chi connectivity index (χ0v) is 17.6. The summed E-state index contributed by atoms with van der Waals surface area (Å²) in [6, 6.07) is 19.7. The van der Waals surface area contributed by atoms with Gasteiger partial charge in [-0.05, 0) is 36.8 Å². The van der Waals surface area contributed by atoms with Crippen LogP contribution >= 0.6 is 0 Å². The summed E-state index contributed by atoms with van der Waals surface area (Å²) in [4.78, 5) is 15.4. The fourth-order valence-electron chi connectivity index (χ4n) is 4.06. The summed E-state index contributed by atoms with van der Waals surface area (Å²) >= 11 is 0. The Labute approximate surface area is 181 Å². The summed E-state index contributed by atoms with van der Waals surface area (Å²) in [5.74, 6) is 1.80. The average molecular weight is 416 g/mol. The second-order valence-corrected chi connectivity index (χ2v) is 7.76. The number of nitrogens with zero attached hydrogens (tertiary/aromatic N) is 1. The number of nitrogens with one attached hydrogen (secondary N) is 1. The van der Waals surface area contributed by atoms with Gasteiger partial charge in [0.2, 0.25) is 5.75 Å². The van der Waals surface area contributed by atoms with E-state index >= 15 is 0 Å². The van der Waals surface area contributed by atoms with Gasteiger partial charge in [-0.3, -0.25) is 4.79 Å². The van der Waals surface area contributed by atoms with Gasteiger partial charge in [0.05, 0.1) is 12.7 Å². The number of hydrogen-bond acceptors (Lipinski definition) is 5. The number of amides is 1. The highest BCUT2D eigenvalue weighted by Crippen LogP contribution is 2.44. The topological polar surface area (TPSA) is 60.0 Å². The largest absolute Gasteiger partial charge is 0.493 e. The molecule has 31 heavy (non-hydrogen) atoms. The van der Waals surface area contributed by atoms with Gasteiger partial charge in [-0.1, -0.05) is 42.0 Å². The summed E-state index contributed by atoms with van der Waals surface area (Å²) in [7, 11) is 1.61. The van der Waals surface area contributed by atoms with Crippen LogP contribution in [0.1, 0.15) is 33.2 Å². The summed E-state index contributed by atoms with van der Waals surface area (Å²) in [5.41, 5.74) is 4.60. The monoisotopic (exact) mass is 416 g/mol. The Hall–Kier alpha value is -3.67. The normalized spacial score (nSPS) is 17.0. The van der Waals surface area contributed by atoms with Crippen molar-refractivity contribution in [1.29, 1.82) is 0 Å². The molecule has 2 aliphatic heterocycles. The molecule has 5 rings (SSSR count). The van der Waals surface area contributed by atoms with Gasteiger partial charge in [-0.25, -0.2) is 0 Å². The fourth-order valence-corrected chi connectivity index (χ4v) is 4.06.